The molecule has 51 heavy (non-hydrogen) atoms. The molecule has 0 spiro atoms. The number of para-hydroxylation sites is 4. The Hall–Kier alpha value is -6.63. The molecule has 0 aliphatic carbocycles. The van der Waals surface area contributed by atoms with Crippen molar-refractivity contribution in [3.8, 4) is 39.9 Å². The number of fused-ring (bicyclic) bond motifs is 9. The Morgan fingerprint density at radius 2 is 1.02 bits per heavy atom. The third kappa shape index (κ3) is 4.30. The number of hydrogen-bond acceptors (Lipinski definition) is 5. The second kappa shape index (κ2) is 10.9. The fourth-order valence-corrected chi connectivity index (χ4v) is 8.76. The number of hydrogen-bond donors (Lipinski definition) is 0. The van der Waals surface area contributed by atoms with E-state index in [1.807, 2.05) is 30.3 Å². The first kappa shape index (κ1) is 28.2. The van der Waals surface area contributed by atoms with Gasteiger partial charge in [-0.3, -0.25) is 0 Å². The van der Waals surface area contributed by atoms with Gasteiger partial charge in [0.25, 0.3) is 0 Å². The summed E-state index contributed by atoms with van der Waals surface area (Å²) in [6, 6.07) is 54.9. The van der Waals surface area contributed by atoms with Gasteiger partial charge in [-0.15, -0.1) is 11.3 Å². The van der Waals surface area contributed by atoms with Gasteiger partial charge in [0.1, 0.15) is 11.2 Å². The second-order valence-electron chi connectivity index (χ2n) is 12.8. The molecule has 0 radical (unpaired) electrons. The van der Waals surface area contributed by atoms with Gasteiger partial charge in [0.2, 0.25) is 0 Å². The van der Waals surface area contributed by atoms with Crippen LogP contribution in [-0.2, 0) is 0 Å². The van der Waals surface area contributed by atoms with Gasteiger partial charge >= 0.3 is 0 Å². The number of aromatic nitrogens is 4. The maximum Gasteiger partial charge on any atom is 0.166 e. The molecule has 238 valence electrons. The quantitative estimate of drug-likeness (QED) is 0.187. The summed E-state index contributed by atoms with van der Waals surface area (Å²) in [5.74, 6) is 1.82. The smallest absolute Gasteiger partial charge is 0.166 e. The van der Waals surface area contributed by atoms with Crippen LogP contribution in [0.4, 0.5) is 0 Å². The first-order chi connectivity index (χ1) is 25.3. The van der Waals surface area contributed by atoms with Crippen LogP contribution in [0.25, 0.3) is 104 Å². The van der Waals surface area contributed by atoms with Crippen molar-refractivity contribution in [1.29, 1.82) is 0 Å². The van der Waals surface area contributed by atoms with E-state index in [1.54, 1.807) is 11.3 Å². The zero-order chi connectivity index (χ0) is 33.5. The average Bonchev–Trinajstić information content (AvgIpc) is 3.87. The van der Waals surface area contributed by atoms with E-state index in [0.29, 0.717) is 17.5 Å². The van der Waals surface area contributed by atoms with Crippen LogP contribution in [0, 0.1) is 0 Å². The van der Waals surface area contributed by atoms with Crippen LogP contribution in [0.2, 0.25) is 0 Å². The normalized spacial score (nSPS) is 11.9. The van der Waals surface area contributed by atoms with E-state index in [9.17, 15) is 0 Å². The Kier molecular flexibility index (Phi) is 6.05. The summed E-state index contributed by atoms with van der Waals surface area (Å²) in [7, 11) is 0. The van der Waals surface area contributed by atoms with Crippen LogP contribution < -0.4 is 0 Å². The zero-order valence-electron chi connectivity index (χ0n) is 27.1. The summed E-state index contributed by atoms with van der Waals surface area (Å²) in [4.78, 5) is 15.8. The van der Waals surface area contributed by atoms with Crippen LogP contribution in [0.1, 0.15) is 0 Å². The standard InChI is InChI=1S/C45H26N4OS/c1-6-18-35-28(12-1)29-13-2-7-19-36(29)49(35)37-20-8-3-15-32(37)44-46-43(27-24-25-31-30-14-5-10-23-40(30)51-41(31)26-27)47-45(48-44)34-17-11-22-39-42(34)33-16-4-9-21-38(33)50-39/h1-26H. The number of nitrogens with zero attached hydrogens (tertiary/aromatic N) is 4. The highest BCUT2D eigenvalue weighted by atomic mass is 32.1. The molecule has 11 aromatic rings. The first-order valence-electron chi connectivity index (χ1n) is 16.9. The number of furan rings is 1. The van der Waals surface area contributed by atoms with E-state index in [2.05, 4.69) is 132 Å². The van der Waals surface area contributed by atoms with Gasteiger partial charge in [-0.1, -0.05) is 109 Å². The molecular weight excluding hydrogens is 645 g/mol. The minimum Gasteiger partial charge on any atom is -0.456 e. The van der Waals surface area contributed by atoms with E-state index in [1.165, 1.54) is 30.9 Å². The SMILES string of the molecule is c1ccc(-n2c3ccccc3c3ccccc32)c(-c2nc(-c3ccc4c(c3)sc3ccccc34)nc(-c3cccc4oc5ccccc5c34)n2)c1. The van der Waals surface area contributed by atoms with Gasteiger partial charge in [-0.25, -0.2) is 15.0 Å². The molecule has 0 fully saturated rings. The molecule has 0 saturated heterocycles. The third-order valence-electron chi connectivity index (χ3n) is 9.88. The largest absolute Gasteiger partial charge is 0.456 e. The highest BCUT2D eigenvalue weighted by Crippen LogP contribution is 2.40. The van der Waals surface area contributed by atoms with E-state index in [0.717, 1.165) is 55.3 Å². The molecule has 4 heterocycles. The van der Waals surface area contributed by atoms with Gasteiger partial charge in [-0.2, -0.15) is 0 Å². The summed E-state index contributed by atoms with van der Waals surface area (Å²) in [5, 5.41) is 6.93. The van der Waals surface area contributed by atoms with Crippen molar-refractivity contribution in [2.75, 3.05) is 0 Å². The topological polar surface area (TPSA) is 56.7 Å². The Bertz CT molecular complexity index is 3120. The van der Waals surface area contributed by atoms with Gasteiger partial charge in [-0.05, 0) is 48.5 Å². The molecule has 11 rings (SSSR count). The summed E-state index contributed by atoms with van der Waals surface area (Å²) >= 11 is 1.79. The van der Waals surface area contributed by atoms with Crippen molar-refractivity contribution in [2.45, 2.75) is 0 Å². The highest BCUT2D eigenvalue weighted by molar-refractivity contribution is 7.25. The van der Waals surface area contributed by atoms with Gasteiger partial charge < -0.3 is 8.98 Å². The summed E-state index contributed by atoms with van der Waals surface area (Å²) in [6.07, 6.45) is 0. The van der Waals surface area contributed by atoms with Crippen LogP contribution in [0.5, 0.6) is 0 Å². The minimum absolute atomic E-state index is 0.598. The van der Waals surface area contributed by atoms with Crippen molar-refractivity contribution in [3.63, 3.8) is 0 Å². The van der Waals surface area contributed by atoms with E-state index >= 15 is 0 Å². The molecule has 0 amide bonds. The molecule has 0 aliphatic heterocycles. The fraction of sp³-hybridized carbons (Fsp3) is 0. The summed E-state index contributed by atoms with van der Waals surface area (Å²) in [5.41, 5.74) is 7.66. The molecule has 0 saturated carbocycles. The highest BCUT2D eigenvalue weighted by Gasteiger charge is 2.21. The molecule has 0 unspecified atom stereocenters. The van der Waals surface area contributed by atoms with E-state index < -0.39 is 0 Å². The third-order valence-corrected chi connectivity index (χ3v) is 11.0. The number of benzene rings is 7. The van der Waals surface area contributed by atoms with Crippen LogP contribution in [-0.4, -0.2) is 19.5 Å². The van der Waals surface area contributed by atoms with Gasteiger partial charge in [0, 0.05) is 58.4 Å². The van der Waals surface area contributed by atoms with Gasteiger partial charge in [0.15, 0.2) is 17.5 Å². The Balaban J connectivity index is 1.20. The number of rotatable bonds is 4. The maximum absolute atomic E-state index is 6.30. The summed E-state index contributed by atoms with van der Waals surface area (Å²) < 4.78 is 11.1. The lowest BCUT2D eigenvalue weighted by atomic mass is 10.0. The lowest BCUT2D eigenvalue weighted by molar-refractivity contribution is 0.669. The molecule has 0 N–H and O–H groups in total. The van der Waals surface area contributed by atoms with Crippen molar-refractivity contribution < 1.29 is 4.42 Å². The molecule has 5 nitrogen and oxygen atoms in total. The first-order valence-corrected chi connectivity index (χ1v) is 17.8. The molecule has 0 atom stereocenters. The Morgan fingerprint density at radius 3 is 1.84 bits per heavy atom. The van der Waals surface area contributed by atoms with Crippen molar-refractivity contribution in [1.82, 2.24) is 19.5 Å². The van der Waals surface area contributed by atoms with Crippen molar-refractivity contribution in [2.24, 2.45) is 0 Å². The van der Waals surface area contributed by atoms with Crippen LogP contribution >= 0.6 is 11.3 Å². The molecule has 6 heteroatoms. The van der Waals surface area contributed by atoms with Crippen LogP contribution in [0.15, 0.2) is 162 Å². The monoisotopic (exact) mass is 670 g/mol. The second-order valence-corrected chi connectivity index (χ2v) is 13.9. The zero-order valence-corrected chi connectivity index (χ0v) is 27.9. The molecule has 0 aliphatic rings. The lowest BCUT2D eigenvalue weighted by Gasteiger charge is -2.14. The van der Waals surface area contributed by atoms with Gasteiger partial charge in [0.05, 0.1) is 16.7 Å². The maximum atomic E-state index is 6.30. The predicted octanol–water partition coefficient (Wildman–Crippen LogP) is 12.2. The molecule has 0 bridgehead atoms. The lowest BCUT2D eigenvalue weighted by Crippen LogP contribution is -2.03. The van der Waals surface area contributed by atoms with Crippen molar-refractivity contribution in [3.05, 3.63) is 158 Å². The van der Waals surface area contributed by atoms with Crippen LogP contribution in [0.3, 0.4) is 0 Å². The van der Waals surface area contributed by atoms with E-state index in [4.69, 9.17) is 19.4 Å². The molecular formula is C45H26N4OS. The Morgan fingerprint density at radius 1 is 0.431 bits per heavy atom. The molecule has 7 aromatic carbocycles. The minimum atomic E-state index is 0.598. The average molecular weight is 671 g/mol. The molecule has 4 aromatic heterocycles. The predicted molar refractivity (Wildman–Crippen MR) is 211 cm³/mol. The Labute approximate surface area is 295 Å². The van der Waals surface area contributed by atoms with Crippen molar-refractivity contribution >= 4 is 75.3 Å². The summed E-state index contributed by atoms with van der Waals surface area (Å²) in [6.45, 7) is 0. The number of thiophene rings is 1. The van der Waals surface area contributed by atoms with E-state index in [-0.39, 0.29) is 0 Å². The fourth-order valence-electron chi connectivity index (χ4n) is 7.61.